The van der Waals surface area contributed by atoms with Gasteiger partial charge in [-0.25, -0.2) is 0 Å². The highest BCUT2D eigenvalue weighted by atomic mass is 19.4. The van der Waals surface area contributed by atoms with Gasteiger partial charge >= 0.3 is 6.18 Å². The zero-order valence-electron chi connectivity index (χ0n) is 18.2. The van der Waals surface area contributed by atoms with E-state index in [0.717, 1.165) is 51.4 Å². The lowest BCUT2D eigenvalue weighted by molar-refractivity contribution is -0.227. The van der Waals surface area contributed by atoms with Crippen molar-refractivity contribution in [3.8, 4) is 0 Å². The topological polar surface area (TPSA) is 40.5 Å². The van der Waals surface area contributed by atoms with Gasteiger partial charge in [-0.3, -0.25) is 0 Å². The van der Waals surface area contributed by atoms with E-state index in [1.807, 2.05) is 6.92 Å². The van der Waals surface area contributed by atoms with Gasteiger partial charge in [0.15, 0.2) is 6.10 Å². The van der Waals surface area contributed by atoms with Crippen LogP contribution in [0.2, 0.25) is 0 Å². The summed E-state index contributed by atoms with van der Waals surface area (Å²) in [5.41, 5.74) is 0.813. The Bertz CT molecular complexity index is 684. The standard InChI is InChI=1S/C24H37F3O2/c1-14(20(28)24(25,26)27)17-7-8-18-16-6-5-15-13-21(2,29)11-12-22(15,3)19(16)9-10-23(17,18)4/h5,14,16-20,28-29H,6-13H2,1-4H3/t14-,16-,17+,18-,19-,20?,21-,22-,23+/m0/s1. The van der Waals surface area contributed by atoms with Gasteiger partial charge in [0.1, 0.15) is 0 Å². The molecule has 4 rings (SSSR count). The summed E-state index contributed by atoms with van der Waals surface area (Å²) >= 11 is 0. The van der Waals surface area contributed by atoms with E-state index >= 15 is 0 Å². The van der Waals surface area contributed by atoms with Gasteiger partial charge in [-0.2, -0.15) is 13.2 Å². The van der Waals surface area contributed by atoms with Crippen LogP contribution in [0.5, 0.6) is 0 Å². The second kappa shape index (κ2) is 6.72. The van der Waals surface area contributed by atoms with E-state index < -0.39 is 23.8 Å². The minimum Gasteiger partial charge on any atom is -0.390 e. The van der Waals surface area contributed by atoms with Gasteiger partial charge < -0.3 is 10.2 Å². The number of allylic oxidation sites excluding steroid dienone is 1. The number of hydrogen-bond acceptors (Lipinski definition) is 2. The number of hydrogen-bond donors (Lipinski definition) is 2. The largest absolute Gasteiger partial charge is 0.414 e. The number of aliphatic hydroxyl groups is 2. The molecule has 0 aromatic heterocycles. The van der Waals surface area contributed by atoms with Crippen molar-refractivity contribution in [2.45, 2.75) is 96.9 Å². The summed E-state index contributed by atoms with van der Waals surface area (Å²) in [4.78, 5) is 0. The van der Waals surface area contributed by atoms with E-state index in [0.29, 0.717) is 17.8 Å². The van der Waals surface area contributed by atoms with Crippen LogP contribution >= 0.6 is 0 Å². The van der Waals surface area contributed by atoms with Gasteiger partial charge in [-0.05, 0) is 98.7 Å². The molecule has 0 heterocycles. The predicted octanol–water partition coefficient (Wildman–Crippen LogP) is 5.88. The van der Waals surface area contributed by atoms with Crippen molar-refractivity contribution in [2.75, 3.05) is 0 Å². The second-order valence-electron chi connectivity index (χ2n) is 11.5. The Labute approximate surface area is 173 Å². The highest BCUT2D eigenvalue weighted by Gasteiger charge is 2.61. The van der Waals surface area contributed by atoms with Gasteiger partial charge in [-0.1, -0.05) is 32.4 Å². The Kier molecular flexibility index (Phi) is 5.02. The molecule has 5 heteroatoms. The van der Waals surface area contributed by atoms with Crippen molar-refractivity contribution in [1.82, 2.24) is 0 Å². The molecule has 3 saturated carbocycles. The van der Waals surface area contributed by atoms with Crippen molar-refractivity contribution in [3.05, 3.63) is 11.6 Å². The van der Waals surface area contributed by atoms with Crippen molar-refractivity contribution >= 4 is 0 Å². The fourth-order valence-corrected chi connectivity index (χ4v) is 8.23. The molecule has 0 amide bonds. The number of fused-ring (bicyclic) bond motifs is 5. The molecule has 9 atom stereocenters. The fourth-order valence-electron chi connectivity index (χ4n) is 8.23. The third kappa shape index (κ3) is 3.30. The van der Waals surface area contributed by atoms with Crippen LogP contribution in [0.1, 0.15) is 79.1 Å². The lowest BCUT2D eigenvalue weighted by atomic mass is 9.46. The smallest absolute Gasteiger partial charge is 0.390 e. The van der Waals surface area contributed by atoms with Crippen molar-refractivity contribution in [3.63, 3.8) is 0 Å². The van der Waals surface area contributed by atoms with E-state index in [4.69, 9.17) is 0 Å². The second-order valence-corrected chi connectivity index (χ2v) is 11.5. The van der Waals surface area contributed by atoms with Crippen LogP contribution in [0.4, 0.5) is 13.2 Å². The molecule has 0 aliphatic heterocycles. The molecule has 1 unspecified atom stereocenters. The summed E-state index contributed by atoms with van der Waals surface area (Å²) < 4.78 is 39.6. The van der Waals surface area contributed by atoms with E-state index in [1.54, 1.807) is 6.92 Å². The maximum atomic E-state index is 13.2. The Balaban J connectivity index is 1.59. The summed E-state index contributed by atoms with van der Waals surface area (Å²) in [6.45, 7) is 8.12. The summed E-state index contributed by atoms with van der Waals surface area (Å²) in [6.07, 6.45) is 2.96. The Morgan fingerprint density at radius 1 is 1.03 bits per heavy atom. The summed E-state index contributed by atoms with van der Waals surface area (Å²) in [5, 5.41) is 20.5. The first-order valence-electron chi connectivity index (χ1n) is 11.5. The van der Waals surface area contributed by atoms with Gasteiger partial charge in [0.2, 0.25) is 0 Å². The molecule has 29 heavy (non-hydrogen) atoms. The number of alkyl halides is 3. The van der Waals surface area contributed by atoms with Crippen molar-refractivity contribution in [1.29, 1.82) is 0 Å². The molecular formula is C24H37F3O2. The average Bonchev–Trinajstić information content (AvgIpc) is 2.97. The van der Waals surface area contributed by atoms with Crippen molar-refractivity contribution in [2.24, 2.45) is 40.4 Å². The maximum Gasteiger partial charge on any atom is 0.414 e. The van der Waals surface area contributed by atoms with E-state index in [-0.39, 0.29) is 16.7 Å². The lowest BCUT2D eigenvalue weighted by Crippen LogP contribution is -2.52. The first-order valence-corrected chi connectivity index (χ1v) is 11.5. The van der Waals surface area contributed by atoms with Crippen LogP contribution < -0.4 is 0 Å². The monoisotopic (exact) mass is 414 g/mol. The third-order valence-electron chi connectivity index (χ3n) is 9.92. The molecule has 0 aromatic carbocycles. The quantitative estimate of drug-likeness (QED) is 0.554. The number of aliphatic hydroxyl groups excluding tert-OH is 1. The summed E-state index contributed by atoms with van der Waals surface area (Å²) in [6, 6.07) is 0. The van der Waals surface area contributed by atoms with Crippen LogP contribution in [0, 0.1) is 40.4 Å². The summed E-state index contributed by atoms with van der Waals surface area (Å²) in [5.74, 6) is 0.696. The van der Waals surface area contributed by atoms with Crippen molar-refractivity contribution < 1.29 is 23.4 Å². The number of rotatable bonds is 2. The molecule has 0 bridgehead atoms. The first kappa shape index (κ1) is 21.7. The molecule has 4 aliphatic carbocycles. The zero-order valence-corrected chi connectivity index (χ0v) is 18.2. The van der Waals surface area contributed by atoms with Gasteiger partial charge in [0, 0.05) is 0 Å². The van der Waals surface area contributed by atoms with Gasteiger partial charge in [-0.15, -0.1) is 0 Å². The van der Waals surface area contributed by atoms with E-state index in [2.05, 4.69) is 19.9 Å². The SMILES string of the molecule is C[C@H](C(O)C(F)(F)F)[C@H]1CC[C@H]2[C@@H]3CC=C4C[C@@](C)(O)CC[C@]4(C)[C@H]3CC[C@]12C. The number of halogens is 3. The third-order valence-corrected chi connectivity index (χ3v) is 9.92. The molecule has 0 spiro atoms. The molecule has 4 aliphatic rings. The van der Waals surface area contributed by atoms with E-state index in [1.165, 1.54) is 5.57 Å². The van der Waals surface area contributed by atoms with Gasteiger partial charge in [0.25, 0.3) is 0 Å². The molecule has 0 aromatic rings. The Morgan fingerprint density at radius 2 is 1.72 bits per heavy atom. The van der Waals surface area contributed by atoms with E-state index in [9.17, 15) is 23.4 Å². The highest BCUT2D eigenvalue weighted by Crippen LogP contribution is 2.67. The zero-order chi connectivity index (χ0) is 21.4. The minimum atomic E-state index is -4.54. The van der Waals surface area contributed by atoms with Gasteiger partial charge in [0.05, 0.1) is 5.60 Å². The first-order chi connectivity index (χ1) is 13.3. The molecule has 2 nitrogen and oxygen atoms in total. The average molecular weight is 415 g/mol. The molecule has 3 fully saturated rings. The molecular weight excluding hydrogens is 377 g/mol. The molecule has 2 N–H and O–H groups in total. The normalized spacial score (nSPS) is 49.5. The molecule has 0 radical (unpaired) electrons. The summed E-state index contributed by atoms with van der Waals surface area (Å²) in [7, 11) is 0. The Morgan fingerprint density at radius 3 is 2.38 bits per heavy atom. The Hall–Kier alpha value is -0.550. The van der Waals surface area contributed by atoms with Crippen LogP contribution in [0.15, 0.2) is 11.6 Å². The molecule has 166 valence electrons. The van der Waals surface area contributed by atoms with Crippen LogP contribution in [-0.2, 0) is 0 Å². The maximum absolute atomic E-state index is 13.2. The minimum absolute atomic E-state index is 0.0738. The lowest BCUT2D eigenvalue weighted by Gasteiger charge is -2.59. The van der Waals surface area contributed by atoms with Crippen LogP contribution in [0.25, 0.3) is 0 Å². The van der Waals surface area contributed by atoms with Crippen LogP contribution in [0.3, 0.4) is 0 Å². The molecule has 0 saturated heterocycles. The predicted molar refractivity (Wildman–Crippen MR) is 107 cm³/mol. The fraction of sp³-hybridized carbons (Fsp3) is 0.917. The highest BCUT2D eigenvalue weighted by molar-refractivity contribution is 5.26. The van der Waals surface area contributed by atoms with Crippen LogP contribution in [-0.4, -0.2) is 28.1 Å².